The number of carbonyl (C=O) groups excluding carboxylic acids is 2. The molecule has 0 aliphatic heterocycles. The van der Waals surface area contributed by atoms with Gasteiger partial charge in [-0.25, -0.2) is 0 Å². The average molecular weight is 275 g/mol. The van der Waals surface area contributed by atoms with Crippen molar-refractivity contribution in [2.24, 2.45) is 5.92 Å². The van der Waals surface area contributed by atoms with Crippen molar-refractivity contribution in [2.45, 2.75) is 45.1 Å². The van der Waals surface area contributed by atoms with E-state index in [-0.39, 0.29) is 17.8 Å². The summed E-state index contributed by atoms with van der Waals surface area (Å²) in [5.41, 5.74) is 0.707. The van der Waals surface area contributed by atoms with Crippen LogP contribution in [0.2, 0.25) is 0 Å². The molecule has 108 valence electrons. The molecule has 0 heterocycles. The highest BCUT2D eigenvalue weighted by Crippen LogP contribution is 2.25. The second-order valence-corrected chi connectivity index (χ2v) is 5.27. The first-order chi connectivity index (χ1) is 9.66. The van der Waals surface area contributed by atoms with Crippen LogP contribution < -0.4 is 5.32 Å². The third-order valence-corrected chi connectivity index (χ3v) is 3.64. The van der Waals surface area contributed by atoms with Gasteiger partial charge in [0.05, 0.1) is 5.92 Å². The Morgan fingerprint density at radius 3 is 2.45 bits per heavy atom. The van der Waals surface area contributed by atoms with Crippen molar-refractivity contribution < 1.29 is 14.3 Å². The van der Waals surface area contributed by atoms with Crippen molar-refractivity contribution >= 4 is 17.6 Å². The van der Waals surface area contributed by atoms with Crippen molar-refractivity contribution in [2.75, 3.05) is 5.32 Å². The van der Waals surface area contributed by atoms with E-state index in [0.29, 0.717) is 5.69 Å². The highest BCUT2D eigenvalue weighted by atomic mass is 16.5. The molecule has 1 aliphatic rings. The van der Waals surface area contributed by atoms with Gasteiger partial charge < -0.3 is 10.1 Å². The minimum Gasteiger partial charge on any atom is -0.452 e. The monoisotopic (exact) mass is 275 g/mol. The summed E-state index contributed by atoms with van der Waals surface area (Å²) in [4.78, 5) is 23.9. The van der Waals surface area contributed by atoms with Gasteiger partial charge >= 0.3 is 5.97 Å². The Hall–Kier alpha value is -1.84. The molecule has 1 atom stereocenters. The minimum absolute atomic E-state index is 0.0317. The van der Waals surface area contributed by atoms with Gasteiger partial charge in [0.25, 0.3) is 5.91 Å². The van der Waals surface area contributed by atoms with Gasteiger partial charge in [0.1, 0.15) is 0 Å². The lowest BCUT2D eigenvalue weighted by molar-refractivity contribution is -0.158. The summed E-state index contributed by atoms with van der Waals surface area (Å²) >= 11 is 0. The molecule has 0 radical (unpaired) electrons. The summed E-state index contributed by atoms with van der Waals surface area (Å²) < 4.78 is 5.27. The Morgan fingerprint density at radius 2 is 1.80 bits per heavy atom. The maximum atomic E-state index is 12.0. The van der Waals surface area contributed by atoms with Crippen LogP contribution in [-0.4, -0.2) is 18.0 Å². The normalized spacial score (nSPS) is 17.2. The van der Waals surface area contributed by atoms with E-state index in [1.807, 2.05) is 18.2 Å². The lowest BCUT2D eigenvalue weighted by Crippen LogP contribution is -2.32. The van der Waals surface area contributed by atoms with Crippen LogP contribution in [0.15, 0.2) is 30.3 Å². The average Bonchev–Trinajstić information content (AvgIpc) is 2.49. The van der Waals surface area contributed by atoms with E-state index in [1.54, 1.807) is 19.1 Å². The summed E-state index contributed by atoms with van der Waals surface area (Å²) in [5, 5.41) is 2.73. The summed E-state index contributed by atoms with van der Waals surface area (Å²) in [6.07, 6.45) is 4.34. The SMILES string of the molecule is C[C@@H](OC(=O)C1CCCCC1)C(=O)Nc1ccccc1. The first kappa shape index (κ1) is 14.6. The number of ether oxygens (including phenoxy) is 1. The maximum Gasteiger partial charge on any atom is 0.309 e. The Kier molecular flexibility index (Phi) is 5.16. The Morgan fingerprint density at radius 1 is 1.15 bits per heavy atom. The lowest BCUT2D eigenvalue weighted by Gasteiger charge is -2.22. The van der Waals surface area contributed by atoms with Gasteiger partial charge in [-0.15, -0.1) is 0 Å². The fourth-order valence-corrected chi connectivity index (χ4v) is 2.43. The topological polar surface area (TPSA) is 55.4 Å². The van der Waals surface area contributed by atoms with Gasteiger partial charge in [0.2, 0.25) is 0 Å². The first-order valence-electron chi connectivity index (χ1n) is 7.23. The smallest absolute Gasteiger partial charge is 0.309 e. The highest BCUT2D eigenvalue weighted by Gasteiger charge is 2.26. The number of benzene rings is 1. The molecule has 1 fully saturated rings. The van der Waals surface area contributed by atoms with Crippen LogP contribution in [-0.2, 0) is 14.3 Å². The van der Waals surface area contributed by atoms with E-state index < -0.39 is 6.10 Å². The van der Waals surface area contributed by atoms with Crippen molar-refractivity contribution in [3.05, 3.63) is 30.3 Å². The number of hydrogen-bond acceptors (Lipinski definition) is 3. The minimum atomic E-state index is -0.760. The van der Waals surface area contributed by atoms with Gasteiger partial charge in [-0.05, 0) is 31.9 Å². The summed E-state index contributed by atoms with van der Waals surface area (Å²) in [6, 6.07) is 9.16. The van der Waals surface area contributed by atoms with Crippen LogP contribution >= 0.6 is 0 Å². The number of amides is 1. The molecule has 0 bridgehead atoms. The quantitative estimate of drug-likeness (QED) is 0.859. The van der Waals surface area contributed by atoms with Crippen molar-refractivity contribution in [3.8, 4) is 0 Å². The number of para-hydroxylation sites is 1. The molecule has 4 heteroatoms. The van der Waals surface area contributed by atoms with E-state index in [2.05, 4.69) is 5.32 Å². The molecule has 1 amide bonds. The van der Waals surface area contributed by atoms with Gasteiger partial charge in [-0.2, -0.15) is 0 Å². The molecule has 1 N–H and O–H groups in total. The van der Waals surface area contributed by atoms with Gasteiger partial charge in [0, 0.05) is 5.69 Å². The number of rotatable bonds is 4. The molecule has 0 unspecified atom stereocenters. The molecule has 1 aliphatic carbocycles. The van der Waals surface area contributed by atoms with Crippen molar-refractivity contribution in [1.82, 2.24) is 0 Å². The highest BCUT2D eigenvalue weighted by molar-refractivity contribution is 5.95. The van der Waals surface area contributed by atoms with E-state index >= 15 is 0 Å². The van der Waals surface area contributed by atoms with Crippen LogP contribution in [0, 0.1) is 5.92 Å². The maximum absolute atomic E-state index is 12.0. The number of carbonyl (C=O) groups is 2. The number of anilines is 1. The molecule has 2 rings (SSSR count). The molecule has 0 aromatic heterocycles. The predicted octanol–water partition coefficient (Wildman–Crippen LogP) is 3.14. The fourth-order valence-electron chi connectivity index (χ4n) is 2.43. The second kappa shape index (κ2) is 7.08. The lowest BCUT2D eigenvalue weighted by atomic mass is 9.89. The molecule has 4 nitrogen and oxygen atoms in total. The predicted molar refractivity (Wildman–Crippen MR) is 77.2 cm³/mol. The standard InChI is InChI=1S/C16H21NO3/c1-12(15(18)17-14-10-6-3-7-11-14)20-16(19)13-8-4-2-5-9-13/h3,6-7,10-13H,2,4-5,8-9H2,1H3,(H,17,18)/t12-/m1/s1. The van der Waals surface area contributed by atoms with E-state index in [1.165, 1.54) is 6.42 Å². The molecule has 0 spiro atoms. The third-order valence-electron chi connectivity index (χ3n) is 3.64. The molecule has 1 aromatic rings. The summed E-state index contributed by atoms with van der Waals surface area (Å²) in [7, 11) is 0. The fraction of sp³-hybridized carbons (Fsp3) is 0.500. The molecule has 1 aromatic carbocycles. The van der Waals surface area contributed by atoms with Crippen molar-refractivity contribution in [1.29, 1.82) is 0 Å². The zero-order chi connectivity index (χ0) is 14.4. The number of hydrogen-bond donors (Lipinski definition) is 1. The molecular weight excluding hydrogens is 254 g/mol. The largest absolute Gasteiger partial charge is 0.452 e. The molecule has 1 saturated carbocycles. The molecular formula is C16H21NO3. The zero-order valence-corrected chi connectivity index (χ0v) is 11.8. The van der Waals surface area contributed by atoms with Gasteiger partial charge in [-0.3, -0.25) is 9.59 Å². The number of esters is 1. The Labute approximate surface area is 119 Å². The van der Waals surface area contributed by atoms with Crippen LogP contribution in [0.4, 0.5) is 5.69 Å². The van der Waals surface area contributed by atoms with Gasteiger partial charge in [0.15, 0.2) is 6.10 Å². The zero-order valence-electron chi connectivity index (χ0n) is 11.8. The molecule has 20 heavy (non-hydrogen) atoms. The summed E-state index contributed by atoms with van der Waals surface area (Å²) in [5.74, 6) is -0.559. The van der Waals surface area contributed by atoms with E-state index in [9.17, 15) is 9.59 Å². The number of nitrogens with one attached hydrogen (secondary N) is 1. The van der Waals surface area contributed by atoms with Crippen LogP contribution in [0.3, 0.4) is 0 Å². The van der Waals surface area contributed by atoms with Crippen molar-refractivity contribution in [3.63, 3.8) is 0 Å². The van der Waals surface area contributed by atoms with Crippen LogP contribution in [0.1, 0.15) is 39.0 Å². The van der Waals surface area contributed by atoms with Crippen LogP contribution in [0.5, 0.6) is 0 Å². The third kappa shape index (κ3) is 4.08. The van der Waals surface area contributed by atoms with Crippen LogP contribution in [0.25, 0.3) is 0 Å². The Bertz CT molecular complexity index is 452. The molecule has 0 saturated heterocycles. The van der Waals surface area contributed by atoms with E-state index in [4.69, 9.17) is 4.74 Å². The first-order valence-corrected chi connectivity index (χ1v) is 7.23. The Balaban J connectivity index is 1.82. The van der Waals surface area contributed by atoms with E-state index in [0.717, 1.165) is 25.7 Å². The second-order valence-electron chi connectivity index (χ2n) is 5.27. The van der Waals surface area contributed by atoms with Gasteiger partial charge in [-0.1, -0.05) is 37.5 Å². The summed E-state index contributed by atoms with van der Waals surface area (Å²) in [6.45, 7) is 1.61.